The summed E-state index contributed by atoms with van der Waals surface area (Å²) < 4.78 is 0. The molecule has 0 bridgehead atoms. The molecule has 0 radical (unpaired) electrons. The van der Waals surface area contributed by atoms with E-state index in [9.17, 15) is 9.59 Å². The molecular weight excluding hydrogens is 536 g/mol. The molecule has 2 aromatic heterocycles. The van der Waals surface area contributed by atoms with E-state index in [4.69, 9.17) is 10.2 Å². The van der Waals surface area contributed by atoms with Gasteiger partial charge in [0.1, 0.15) is 0 Å². The summed E-state index contributed by atoms with van der Waals surface area (Å²) in [5, 5.41) is 20.0. The molecule has 2 aromatic rings. The van der Waals surface area contributed by atoms with E-state index in [0.717, 1.165) is 103 Å². The second-order valence-electron chi connectivity index (χ2n) is 16.3. The summed E-state index contributed by atoms with van der Waals surface area (Å²) in [5.74, 6) is 2.53. The fraction of sp³-hybridized carbons (Fsp3) is 0.657. The Morgan fingerprint density at radius 1 is 0.744 bits per heavy atom. The smallest absolute Gasteiger partial charge is 0.162 e. The molecule has 0 aromatic carbocycles. The van der Waals surface area contributed by atoms with Gasteiger partial charge in [-0.2, -0.15) is 10.2 Å². The van der Waals surface area contributed by atoms with Crippen LogP contribution in [0.1, 0.15) is 127 Å². The van der Waals surface area contributed by atoms with Gasteiger partial charge in [0.05, 0.1) is 0 Å². The first-order valence-electron chi connectivity index (χ1n) is 16.6. The predicted octanol–water partition coefficient (Wildman–Crippen LogP) is 6.97. The Hall–Kier alpha value is -3.16. The van der Waals surface area contributed by atoms with Crippen molar-refractivity contribution in [2.45, 2.75) is 135 Å². The summed E-state index contributed by atoms with van der Waals surface area (Å²) in [5.41, 5.74) is 8.10. The number of rotatable bonds is 1. The number of aromatic nitrogens is 4. The van der Waals surface area contributed by atoms with Crippen LogP contribution in [0.4, 0.5) is 11.6 Å². The number of fused-ring (bicyclic) bond motifs is 6. The number of nitrogens with one attached hydrogen (secondary N) is 3. The Balaban J connectivity index is 1.31. The lowest BCUT2D eigenvalue weighted by Gasteiger charge is -2.52. The molecule has 8 rings (SSSR count). The molecule has 6 aliphatic rings. The van der Waals surface area contributed by atoms with Crippen LogP contribution < -0.4 is 10.2 Å². The Morgan fingerprint density at radius 3 is 2.14 bits per heavy atom. The number of hydrogen-bond acceptors (Lipinski definition) is 6. The van der Waals surface area contributed by atoms with Crippen molar-refractivity contribution in [2.24, 2.45) is 10.8 Å². The van der Waals surface area contributed by atoms with E-state index in [1.54, 1.807) is 0 Å². The summed E-state index contributed by atoms with van der Waals surface area (Å²) in [7, 11) is 0. The average molecular weight is 583 g/mol. The van der Waals surface area contributed by atoms with Gasteiger partial charge in [0.2, 0.25) is 0 Å². The van der Waals surface area contributed by atoms with Crippen molar-refractivity contribution in [3.05, 3.63) is 45.1 Å². The highest BCUT2D eigenvalue weighted by Gasteiger charge is 2.59. The number of ketones is 2. The van der Waals surface area contributed by atoms with Crippen molar-refractivity contribution in [1.29, 1.82) is 0 Å². The maximum atomic E-state index is 14.3. The topological polar surface area (TPSA) is 107 Å². The van der Waals surface area contributed by atoms with Gasteiger partial charge in [-0.05, 0) is 69.6 Å². The van der Waals surface area contributed by atoms with Gasteiger partial charge >= 0.3 is 0 Å². The largest absolute Gasteiger partial charge is 0.342 e. The van der Waals surface area contributed by atoms with E-state index >= 15 is 0 Å². The zero-order valence-corrected chi connectivity index (χ0v) is 26.7. The number of aromatic amines is 2. The van der Waals surface area contributed by atoms with Crippen molar-refractivity contribution in [3.8, 4) is 0 Å². The van der Waals surface area contributed by atoms with Gasteiger partial charge in [-0.15, -0.1) is 0 Å². The lowest BCUT2D eigenvalue weighted by atomic mass is 9.58. The molecule has 0 amide bonds. The normalized spacial score (nSPS) is 30.4. The highest BCUT2D eigenvalue weighted by molar-refractivity contribution is 6.03. The minimum absolute atomic E-state index is 0.0820. The Morgan fingerprint density at radius 2 is 1.40 bits per heavy atom. The summed E-state index contributed by atoms with van der Waals surface area (Å²) in [6.45, 7) is 13.1. The third kappa shape index (κ3) is 3.67. The lowest BCUT2D eigenvalue weighted by Crippen LogP contribution is -2.50. The fourth-order valence-corrected chi connectivity index (χ4v) is 10.6. The third-order valence-corrected chi connectivity index (χ3v) is 11.9. The Kier molecular flexibility index (Phi) is 5.56. The van der Waals surface area contributed by atoms with E-state index in [1.165, 1.54) is 17.7 Å². The van der Waals surface area contributed by atoms with Gasteiger partial charge in [0, 0.05) is 74.8 Å². The van der Waals surface area contributed by atoms with Crippen LogP contribution in [0.2, 0.25) is 0 Å². The summed E-state index contributed by atoms with van der Waals surface area (Å²) in [6.07, 6.45) is 11.1. The SMILES string of the molecule is Cc1[nH]nc2c1C1(CCC(N3C4=C(C(=O)CC(C)(C)C4)C4(CCCCC4)c4c3n[nH]c4C)C1)C1=C(CC(C)(C)CC1=O)N2. The zero-order chi connectivity index (χ0) is 30.1. The number of carbonyl (C=O) groups is 2. The number of H-pyrrole nitrogens is 2. The molecule has 3 N–H and O–H groups in total. The molecule has 8 heteroatoms. The zero-order valence-electron chi connectivity index (χ0n) is 26.7. The van der Waals surface area contributed by atoms with Crippen molar-refractivity contribution >= 4 is 23.2 Å². The molecule has 2 spiro atoms. The fourth-order valence-electron chi connectivity index (χ4n) is 10.6. The molecule has 8 nitrogen and oxygen atoms in total. The summed E-state index contributed by atoms with van der Waals surface area (Å²) >= 11 is 0. The van der Waals surface area contributed by atoms with Gasteiger partial charge < -0.3 is 10.2 Å². The number of hydrogen-bond donors (Lipinski definition) is 3. The van der Waals surface area contributed by atoms with Gasteiger partial charge in [0.15, 0.2) is 23.2 Å². The van der Waals surface area contributed by atoms with Crippen LogP contribution >= 0.6 is 0 Å². The van der Waals surface area contributed by atoms with Crippen LogP contribution in [-0.2, 0) is 20.4 Å². The summed E-state index contributed by atoms with van der Waals surface area (Å²) in [4.78, 5) is 30.9. The lowest BCUT2D eigenvalue weighted by molar-refractivity contribution is -0.119. The van der Waals surface area contributed by atoms with Gasteiger partial charge in [-0.1, -0.05) is 47.0 Å². The molecule has 43 heavy (non-hydrogen) atoms. The maximum Gasteiger partial charge on any atom is 0.162 e. The number of carbonyl (C=O) groups excluding carboxylic acids is 2. The van der Waals surface area contributed by atoms with Gasteiger partial charge in [-0.3, -0.25) is 19.8 Å². The first-order chi connectivity index (χ1) is 20.4. The molecule has 2 saturated carbocycles. The Bertz CT molecular complexity index is 1640. The van der Waals surface area contributed by atoms with E-state index in [0.29, 0.717) is 18.6 Å². The van der Waals surface area contributed by atoms with E-state index in [1.807, 2.05) is 0 Å². The molecule has 2 atom stereocenters. The average Bonchev–Trinajstić information content (AvgIpc) is 3.61. The number of Topliss-reactive ketones (excluding diaryl/α,β-unsaturated/α-hetero) is 2. The molecule has 2 unspecified atom stereocenters. The molecular formula is C35H46N6O2. The molecule has 0 saturated heterocycles. The molecule has 2 fully saturated rings. The number of aryl methyl sites for hydroxylation is 2. The third-order valence-electron chi connectivity index (χ3n) is 11.9. The van der Waals surface area contributed by atoms with Crippen molar-refractivity contribution in [1.82, 2.24) is 20.4 Å². The van der Waals surface area contributed by atoms with E-state index < -0.39 is 5.41 Å². The minimum atomic E-state index is -0.397. The van der Waals surface area contributed by atoms with E-state index in [-0.39, 0.29) is 28.1 Å². The van der Waals surface area contributed by atoms with Crippen LogP contribution in [-0.4, -0.2) is 38.0 Å². The molecule has 4 aliphatic carbocycles. The van der Waals surface area contributed by atoms with Crippen molar-refractivity contribution in [2.75, 3.05) is 10.2 Å². The van der Waals surface area contributed by atoms with Crippen LogP contribution in [0.3, 0.4) is 0 Å². The van der Waals surface area contributed by atoms with Crippen LogP contribution in [0.15, 0.2) is 22.5 Å². The van der Waals surface area contributed by atoms with Crippen LogP contribution in [0.5, 0.6) is 0 Å². The number of nitrogens with zero attached hydrogens (tertiary/aromatic N) is 3. The van der Waals surface area contributed by atoms with Crippen LogP contribution in [0, 0.1) is 24.7 Å². The predicted molar refractivity (Wildman–Crippen MR) is 167 cm³/mol. The van der Waals surface area contributed by atoms with Crippen molar-refractivity contribution < 1.29 is 9.59 Å². The van der Waals surface area contributed by atoms with Gasteiger partial charge in [-0.25, -0.2) is 0 Å². The van der Waals surface area contributed by atoms with Gasteiger partial charge in [0.25, 0.3) is 0 Å². The first kappa shape index (κ1) is 27.4. The molecule has 2 aliphatic heterocycles. The molecule has 228 valence electrons. The molecule has 4 heterocycles. The second kappa shape index (κ2) is 8.72. The van der Waals surface area contributed by atoms with Crippen molar-refractivity contribution in [3.63, 3.8) is 0 Å². The second-order valence-corrected chi connectivity index (χ2v) is 16.3. The highest BCUT2D eigenvalue weighted by Crippen LogP contribution is 2.62. The first-order valence-corrected chi connectivity index (χ1v) is 16.6. The maximum absolute atomic E-state index is 14.3. The standard InChI is InChI=1S/C35H46N6O2/c1-19-26-30(39-37-19)36-22-15-32(3,4)17-24(42)28(22)35(26)13-10-21(14-35)41-23-16-33(5,6)18-25(43)29(23)34(11-8-7-9-12-34)27-20(2)38-40-31(27)41/h21H,7-18H2,1-6H3,(H,38,40)(H2,36,37,39). The number of anilines is 2. The van der Waals surface area contributed by atoms with Crippen LogP contribution in [0.25, 0.3) is 0 Å². The number of allylic oxidation sites excluding steroid dienone is 4. The quantitative estimate of drug-likeness (QED) is 0.335. The highest BCUT2D eigenvalue weighted by atomic mass is 16.1. The van der Waals surface area contributed by atoms with E-state index in [2.05, 4.69) is 62.0 Å². The Labute approximate surface area is 254 Å². The minimum Gasteiger partial charge on any atom is -0.342 e. The monoisotopic (exact) mass is 582 g/mol. The summed E-state index contributed by atoms with van der Waals surface area (Å²) in [6, 6.07) is 0.130.